The summed E-state index contributed by atoms with van der Waals surface area (Å²) in [6, 6.07) is 48.9. The largest absolute Gasteiger partial charge is 0.455 e. The zero-order chi connectivity index (χ0) is 37.7. The number of rotatable bonds is 4. The fourth-order valence-electron chi connectivity index (χ4n) is 9.98. The first kappa shape index (κ1) is 32.7. The van der Waals surface area contributed by atoms with E-state index in [0.717, 1.165) is 38.6 Å². The van der Waals surface area contributed by atoms with Gasteiger partial charge in [0.05, 0.1) is 16.6 Å². The summed E-state index contributed by atoms with van der Waals surface area (Å²) < 4.78 is 9.07. The molecule has 0 fully saturated rings. The molecule has 1 aliphatic rings. The summed E-state index contributed by atoms with van der Waals surface area (Å²) in [4.78, 5) is 5.12. The second kappa shape index (κ2) is 12.4. The Bertz CT molecular complexity index is 3370. The molecule has 7 aromatic carbocycles. The Morgan fingerprint density at radius 3 is 2.21 bits per heavy atom. The molecule has 1 aliphatic carbocycles. The number of furan rings is 1. The Balaban J connectivity index is 1.14. The Morgan fingerprint density at radius 2 is 1.38 bits per heavy atom. The molecule has 3 nitrogen and oxygen atoms in total. The lowest BCUT2D eigenvalue weighted by molar-refractivity contribution is 0.593. The number of pyridine rings is 1. The van der Waals surface area contributed by atoms with Gasteiger partial charge in [0.2, 0.25) is 0 Å². The highest BCUT2D eigenvalue weighted by Gasteiger charge is 2.34. The van der Waals surface area contributed by atoms with E-state index in [1.54, 1.807) is 0 Å². The van der Waals surface area contributed by atoms with E-state index in [1.807, 2.05) is 0 Å². The number of hydrogen-bond donors (Lipinski definition) is 0. The predicted molar refractivity (Wildman–Crippen MR) is 237 cm³/mol. The summed E-state index contributed by atoms with van der Waals surface area (Å²) in [6.07, 6.45) is 8.95. The summed E-state index contributed by atoms with van der Waals surface area (Å²) in [7, 11) is 0. The smallest absolute Gasteiger partial charge is 0.146 e. The van der Waals surface area contributed by atoms with Crippen LogP contribution in [0.2, 0.25) is 0 Å². The normalized spacial score (nSPS) is 16.4. The van der Waals surface area contributed by atoms with E-state index in [-0.39, 0.29) is 11.8 Å². The van der Waals surface area contributed by atoms with E-state index < -0.39 is 0 Å². The van der Waals surface area contributed by atoms with Gasteiger partial charge in [-0.25, -0.2) is 4.98 Å². The van der Waals surface area contributed by atoms with Crippen molar-refractivity contribution < 1.29 is 4.42 Å². The first-order chi connectivity index (χ1) is 27.6. The van der Waals surface area contributed by atoms with E-state index in [9.17, 15) is 0 Å². The van der Waals surface area contributed by atoms with Crippen LogP contribution in [0.25, 0.3) is 82.7 Å². The molecule has 268 valence electrons. The topological polar surface area (TPSA) is 30.4 Å². The molecule has 0 N–H and O–H groups in total. The molecule has 3 heteroatoms. The van der Waals surface area contributed by atoms with Gasteiger partial charge in [0.1, 0.15) is 16.8 Å². The van der Waals surface area contributed by atoms with E-state index in [0.29, 0.717) is 0 Å². The average molecular weight is 721 g/mol. The third kappa shape index (κ3) is 4.55. The van der Waals surface area contributed by atoms with Gasteiger partial charge in [0, 0.05) is 32.8 Å². The van der Waals surface area contributed by atoms with Crippen LogP contribution in [0.4, 0.5) is 0 Å². The maximum atomic E-state index is 6.73. The number of para-hydroxylation sites is 2. The zero-order valence-electron chi connectivity index (χ0n) is 32.0. The second-order valence-corrected chi connectivity index (χ2v) is 15.4. The highest BCUT2D eigenvalue weighted by molar-refractivity contribution is 6.20. The first-order valence-corrected chi connectivity index (χ1v) is 19.7. The van der Waals surface area contributed by atoms with Crippen molar-refractivity contribution in [1.29, 1.82) is 0 Å². The lowest BCUT2D eigenvalue weighted by Crippen LogP contribution is -2.21. The van der Waals surface area contributed by atoms with Crippen LogP contribution >= 0.6 is 0 Å². The van der Waals surface area contributed by atoms with Crippen LogP contribution in [0, 0.1) is 12.8 Å². The van der Waals surface area contributed by atoms with Crippen molar-refractivity contribution in [1.82, 2.24) is 9.38 Å². The van der Waals surface area contributed by atoms with E-state index in [1.165, 1.54) is 77.0 Å². The van der Waals surface area contributed by atoms with Crippen molar-refractivity contribution >= 4 is 82.7 Å². The number of hydrogen-bond acceptors (Lipinski definition) is 2. The van der Waals surface area contributed by atoms with Crippen molar-refractivity contribution in [3.63, 3.8) is 0 Å². The quantitative estimate of drug-likeness (QED) is 0.169. The minimum Gasteiger partial charge on any atom is -0.455 e. The molecule has 0 bridgehead atoms. The van der Waals surface area contributed by atoms with Crippen LogP contribution < -0.4 is 0 Å². The third-order valence-electron chi connectivity index (χ3n) is 12.4. The number of imidazole rings is 1. The Labute approximate surface area is 325 Å². The second-order valence-electron chi connectivity index (χ2n) is 15.4. The van der Waals surface area contributed by atoms with Gasteiger partial charge < -0.3 is 4.42 Å². The number of nitrogens with zero attached hydrogens (tertiary/aromatic N) is 2. The monoisotopic (exact) mass is 720 g/mol. The van der Waals surface area contributed by atoms with Gasteiger partial charge in [0.15, 0.2) is 0 Å². The molecule has 11 rings (SSSR count). The first-order valence-electron chi connectivity index (χ1n) is 19.7. The van der Waals surface area contributed by atoms with Crippen molar-refractivity contribution in [2.45, 2.75) is 33.6 Å². The molecule has 10 aromatic rings. The molecule has 0 saturated carbocycles. The van der Waals surface area contributed by atoms with Gasteiger partial charge in [-0.1, -0.05) is 128 Å². The summed E-state index contributed by atoms with van der Waals surface area (Å²) >= 11 is 0. The van der Waals surface area contributed by atoms with Crippen molar-refractivity contribution in [3.05, 3.63) is 191 Å². The summed E-state index contributed by atoms with van der Waals surface area (Å²) in [5.74, 6) is 0.359. The third-order valence-corrected chi connectivity index (χ3v) is 12.4. The molecule has 0 radical (unpaired) electrons. The van der Waals surface area contributed by atoms with Gasteiger partial charge in [-0.2, -0.15) is 0 Å². The van der Waals surface area contributed by atoms with Crippen LogP contribution in [0.15, 0.2) is 162 Å². The standard InChI is InChI=1S/C53H40N2O/c1-5-15-36-31(3)35-17-7-11-21-41(35)52-51(36)44-30-33(26-28-48(44)56-52)49-32(4)37(16-6-2)50(40-20-10-9-19-39(40)49)34-25-27-46-43(29-34)38-18-8-12-22-42(38)53-54-45-23-13-14-24-47(45)55(46)53/h5-30,32,49H,1-4H3/b15-5-,16-6-. The van der Waals surface area contributed by atoms with Gasteiger partial charge in [-0.05, 0) is 118 Å². The molecular weight excluding hydrogens is 681 g/mol. The van der Waals surface area contributed by atoms with E-state index in [2.05, 4.69) is 190 Å². The van der Waals surface area contributed by atoms with E-state index >= 15 is 0 Å². The highest BCUT2D eigenvalue weighted by atomic mass is 16.3. The molecular formula is C53H40N2O. The number of benzene rings is 7. The lowest BCUT2D eigenvalue weighted by atomic mass is 9.68. The minimum atomic E-state index is 0.153. The molecule has 3 aromatic heterocycles. The molecule has 56 heavy (non-hydrogen) atoms. The number of aromatic nitrogens is 2. The van der Waals surface area contributed by atoms with Crippen LogP contribution in [0.1, 0.15) is 60.1 Å². The van der Waals surface area contributed by atoms with Crippen molar-refractivity contribution in [2.24, 2.45) is 5.92 Å². The zero-order valence-corrected chi connectivity index (χ0v) is 32.0. The maximum Gasteiger partial charge on any atom is 0.146 e. The Hall–Kier alpha value is -6.71. The molecule has 3 heterocycles. The molecule has 0 saturated heterocycles. The molecule has 0 spiro atoms. The fourth-order valence-corrected chi connectivity index (χ4v) is 9.98. The summed E-state index contributed by atoms with van der Waals surface area (Å²) in [6.45, 7) is 8.89. The van der Waals surface area contributed by atoms with Crippen LogP contribution in [0.3, 0.4) is 0 Å². The molecule has 2 atom stereocenters. The number of aryl methyl sites for hydroxylation is 1. The van der Waals surface area contributed by atoms with Crippen molar-refractivity contribution in [3.8, 4) is 0 Å². The predicted octanol–water partition coefficient (Wildman–Crippen LogP) is 14.3. The SMILES string of the molecule is C/C=C\C1=C(c2ccc3c(c2)c2ccccc2c2nc4ccccc4n32)c2ccccc2C(c2ccc3oc4c5ccccc5c(C)c(/C=C\C)c4c3c2)C1C. The fraction of sp³-hybridized carbons (Fsp3) is 0.113. The summed E-state index contributed by atoms with van der Waals surface area (Å²) in [5.41, 5.74) is 16.5. The molecule has 0 aliphatic heterocycles. The van der Waals surface area contributed by atoms with Crippen LogP contribution in [-0.4, -0.2) is 9.38 Å². The maximum absolute atomic E-state index is 6.73. The lowest BCUT2D eigenvalue weighted by Gasteiger charge is -2.35. The minimum absolute atomic E-state index is 0.153. The Morgan fingerprint density at radius 1 is 0.643 bits per heavy atom. The number of fused-ring (bicyclic) bond motifs is 14. The molecule has 0 amide bonds. The van der Waals surface area contributed by atoms with Crippen molar-refractivity contribution in [2.75, 3.05) is 0 Å². The molecule has 2 unspecified atom stereocenters. The van der Waals surface area contributed by atoms with E-state index in [4.69, 9.17) is 9.40 Å². The van der Waals surface area contributed by atoms with Gasteiger partial charge >= 0.3 is 0 Å². The summed E-state index contributed by atoms with van der Waals surface area (Å²) in [5, 5.41) is 8.38. The van der Waals surface area contributed by atoms with Crippen LogP contribution in [0.5, 0.6) is 0 Å². The van der Waals surface area contributed by atoms with Gasteiger partial charge in [-0.3, -0.25) is 4.40 Å². The highest BCUT2D eigenvalue weighted by Crippen LogP contribution is 2.50. The number of allylic oxidation sites excluding steroid dienone is 4. The van der Waals surface area contributed by atoms with Gasteiger partial charge in [-0.15, -0.1) is 0 Å². The van der Waals surface area contributed by atoms with Gasteiger partial charge in [0.25, 0.3) is 0 Å². The van der Waals surface area contributed by atoms with Crippen LogP contribution in [-0.2, 0) is 0 Å². The Kier molecular flexibility index (Phi) is 7.25. The average Bonchev–Trinajstić information content (AvgIpc) is 3.82.